The molecule has 7 nitrogen and oxygen atoms in total. The lowest BCUT2D eigenvalue weighted by molar-refractivity contribution is -0.387. The first kappa shape index (κ1) is 19.0. The minimum Gasteiger partial charge on any atom is -0.456 e. The second-order valence-corrected chi connectivity index (χ2v) is 6.61. The van der Waals surface area contributed by atoms with Gasteiger partial charge in [-0.25, -0.2) is 13.6 Å². The minimum atomic E-state index is -4.60. The molecular formula is C13H8ClF3N2O5S. The van der Waals surface area contributed by atoms with Crippen LogP contribution < -0.4 is 9.88 Å². The smallest absolute Gasteiger partial charge is 0.416 e. The number of sulfonamides is 1. The number of ether oxygens (including phenoxy) is 1. The molecule has 0 saturated carbocycles. The van der Waals surface area contributed by atoms with E-state index in [0.717, 1.165) is 24.3 Å². The van der Waals surface area contributed by atoms with Gasteiger partial charge >= 0.3 is 6.18 Å². The Morgan fingerprint density at radius 2 is 1.80 bits per heavy atom. The number of primary sulfonamides is 1. The van der Waals surface area contributed by atoms with E-state index in [-0.39, 0.29) is 16.5 Å². The van der Waals surface area contributed by atoms with Crippen LogP contribution in [0.5, 0.6) is 11.5 Å². The van der Waals surface area contributed by atoms with Crippen molar-refractivity contribution in [3.05, 3.63) is 57.1 Å². The van der Waals surface area contributed by atoms with Crippen LogP contribution in [0.2, 0.25) is 5.02 Å². The van der Waals surface area contributed by atoms with Gasteiger partial charge in [-0.15, -0.1) is 0 Å². The minimum absolute atomic E-state index is 0.205. The third-order valence-corrected chi connectivity index (χ3v) is 4.16. The van der Waals surface area contributed by atoms with Crippen LogP contribution in [-0.2, 0) is 16.2 Å². The van der Waals surface area contributed by atoms with Gasteiger partial charge in [0.25, 0.3) is 5.69 Å². The Labute approximate surface area is 144 Å². The first-order chi connectivity index (χ1) is 11.4. The summed E-state index contributed by atoms with van der Waals surface area (Å²) in [5.74, 6) is -0.417. The van der Waals surface area contributed by atoms with E-state index in [9.17, 15) is 31.7 Å². The van der Waals surface area contributed by atoms with E-state index < -0.39 is 37.3 Å². The van der Waals surface area contributed by atoms with E-state index in [0.29, 0.717) is 12.1 Å². The maximum atomic E-state index is 12.6. The van der Waals surface area contributed by atoms with E-state index in [1.165, 1.54) is 0 Å². The van der Waals surface area contributed by atoms with Gasteiger partial charge in [-0.05, 0) is 24.3 Å². The summed E-state index contributed by atoms with van der Waals surface area (Å²) in [6.45, 7) is 0. The SMILES string of the molecule is NS(=O)(=O)c1cc(Oc2ccc(C(F)(F)F)cc2Cl)ccc1[N+](=O)[O-]. The highest BCUT2D eigenvalue weighted by Crippen LogP contribution is 2.37. The fraction of sp³-hybridized carbons (Fsp3) is 0.0769. The van der Waals surface area contributed by atoms with Crippen LogP contribution in [0.3, 0.4) is 0 Å². The molecule has 0 fully saturated rings. The molecule has 2 aromatic rings. The maximum absolute atomic E-state index is 12.6. The maximum Gasteiger partial charge on any atom is 0.416 e. The molecule has 0 aromatic heterocycles. The van der Waals surface area contributed by atoms with Crippen LogP contribution in [0.4, 0.5) is 18.9 Å². The average Bonchev–Trinajstić information content (AvgIpc) is 2.47. The molecular weight excluding hydrogens is 389 g/mol. The standard InChI is InChI=1S/C13H8ClF3N2O5S/c14-9-5-7(13(15,16)17)1-4-11(9)24-8-2-3-10(19(20)21)12(6-8)25(18,22)23/h1-6H,(H2,18,22,23). The predicted octanol–water partition coefficient (Wildman–Crippen LogP) is 3.71. The monoisotopic (exact) mass is 396 g/mol. The number of nitrogens with zero attached hydrogens (tertiary/aromatic N) is 1. The van der Waals surface area contributed by atoms with Gasteiger partial charge in [0, 0.05) is 12.1 Å². The van der Waals surface area contributed by atoms with Crippen molar-refractivity contribution in [2.75, 3.05) is 0 Å². The van der Waals surface area contributed by atoms with Crippen LogP contribution in [-0.4, -0.2) is 13.3 Å². The highest BCUT2D eigenvalue weighted by Gasteiger charge is 2.31. The summed E-state index contributed by atoms with van der Waals surface area (Å²) in [4.78, 5) is 9.08. The largest absolute Gasteiger partial charge is 0.456 e. The first-order valence-corrected chi connectivity index (χ1v) is 8.18. The quantitative estimate of drug-likeness (QED) is 0.625. The van der Waals surface area contributed by atoms with Crippen molar-refractivity contribution in [1.82, 2.24) is 0 Å². The fourth-order valence-electron chi connectivity index (χ4n) is 1.82. The van der Waals surface area contributed by atoms with Gasteiger partial charge in [0.15, 0.2) is 4.90 Å². The van der Waals surface area contributed by atoms with E-state index in [1.807, 2.05) is 0 Å². The Hall–Kier alpha value is -2.37. The van der Waals surface area contributed by atoms with Crippen molar-refractivity contribution in [2.45, 2.75) is 11.1 Å². The lowest BCUT2D eigenvalue weighted by Crippen LogP contribution is -2.14. The van der Waals surface area contributed by atoms with E-state index in [1.54, 1.807) is 0 Å². The average molecular weight is 397 g/mol. The predicted molar refractivity (Wildman–Crippen MR) is 81.0 cm³/mol. The van der Waals surface area contributed by atoms with Gasteiger partial charge in [0.05, 0.1) is 15.5 Å². The van der Waals surface area contributed by atoms with E-state index in [4.69, 9.17) is 21.5 Å². The van der Waals surface area contributed by atoms with Gasteiger partial charge in [-0.2, -0.15) is 13.2 Å². The summed E-state index contributed by atoms with van der Waals surface area (Å²) in [5.41, 5.74) is -1.77. The Morgan fingerprint density at radius 3 is 2.28 bits per heavy atom. The molecule has 0 unspecified atom stereocenters. The van der Waals surface area contributed by atoms with Crippen LogP contribution >= 0.6 is 11.6 Å². The van der Waals surface area contributed by atoms with Crippen LogP contribution in [0.25, 0.3) is 0 Å². The molecule has 0 heterocycles. The molecule has 2 aromatic carbocycles. The molecule has 0 atom stereocenters. The number of benzene rings is 2. The normalized spacial score (nSPS) is 12.0. The highest BCUT2D eigenvalue weighted by atomic mass is 35.5. The molecule has 134 valence electrons. The zero-order valence-electron chi connectivity index (χ0n) is 12.0. The summed E-state index contributed by atoms with van der Waals surface area (Å²) in [7, 11) is -4.43. The van der Waals surface area contributed by atoms with Gasteiger partial charge in [-0.1, -0.05) is 11.6 Å². The Morgan fingerprint density at radius 1 is 1.16 bits per heavy atom. The molecule has 0 aliphatic carbocycles. The number of rotatable bonds is 4. The number of hydrogen-bond acceptors (Lipinski definition) is 5. The van der Waals surface area contributed by atoms with Crippen LogP contribution in [0.15, 0.2) is 41.3 Å². The summed E-state index contributed by atoms with van der Waals surface area (Å²) in [6.07, 6.45) is -4.60. The summed E-state index contributed by atoms with van der Waals surface area (Å²) < 4.78 is 65.9. The first-order valence-electron chi connectivity index (χ1n) is 6.25. The molecule has 0 bridgehead atoms. The van der Waals surface area contributed by atoms with Gasteiger partial charge in [-0.3, -0.25) is 10.1 Å². The third-order valence-electron chi connectivity index (χ3n) is 2.92. The molecule has 2 N–H and O–H groups in total. The molecule has 0 saturated heterocycles. The molecule has 0 aliphatic heterocycles. The number of nitro groups is 1. The van der Waals surface area contributed by atoms with Crippen molar-refractivity contribution in [3.63, 3.8) is 0 Å². The van der Waals surface area contributed by atoms with Crippen molar-refractivity contribution in [2.24, 2.45) is 5.14 Å². The number of alkyl halides is 3. The second kappa shape index (κ2) is 6.50. The highest BCUT2D eigenvalue weighted by molar-refractivity contribution is 7.89. The third kappa shape index (κ3) is 4.38. The summed E-state index contributed by atoms with van der Waals surface area (Å²) in [6, 6.07) is 4.95. The molecule has 25 heavy (non-hydrogen) atoms. The van der Waals surface area contributed by atoms with Crippen LogP contribution in [0, 0.1) is 10.1 Å². The van der Waals surface area contributed by atoms with Crippen LogP contribution in [0.1, 0.15) is 5.56 Å². The van der Waals surface area contributed by atoms with E-state index >= 15 is 0 Å². The van der Waals surface area contributed by atoms with Crippen molar-refractivity contribution < 1.29 is 31.2 Å². The lowest BCUT2D eigenvalue weighted by atomic mass is 10.2. The van der Waals surface area contributed by atoms with Crippen molar-refractivity contribution >= 4 is 27.3 Å². The lowest BCUT2D eigenvalue weighted by Gasteiger charge is -2.11. The number of hydrogen-bond donors (Lipinski definition) is 1. The van der Waals surface area contributed by atoms with Gasteiger partial charge in [0.2, 0.25) is 10.0 Å². The molecule has 2 rings (SSSR count). The zero-order valence-corrected chi connectivity index (χ0v) is 13.5. The Kier molecular flexibility index (Phi) is 4.93. The number of halogens is 4. The molecule has 12 heteroatoms. The fourth-order valence-corrected chi connectivity index (χ4v) is 2.76. The van der Waals surface area contributed by atoms with E-state index in [2.05, 4.69) is 0 Å². The zero-order chi connectivity index (χ0) is 19.0. The summed E-state index contributed by atoms with van der Waals surface area (Å²) >= 11 is 5.72. The number of nitro benzene ring substituents is 1. The molecule has 0 spiro atoms. The molecule has 0 amide bonds. The number of nitrogens with two attached hydrogens (primary N) is 1. The van der Waals surface area contributed by atoms with Gasteiger partial charge < -0.3 is 4.74 Å². The summed E-state index contributed by atoms with van der Waals surface area (Å²) in [5, 5.41) is 15.4. The Balaban J connectivity index is 2.43. The van der Waals surface area contributed by atoms with Crippen molar-refractivity contribution in [1.29, 1.82) is 0 Å². The topological polar surface area (TPSA) is 113 Å². The van der Waals surface area contributed by atoms with Crippen molar-refractivity contribution in [3.8, 4) is 11.5 Å². The Bertz CT molecular complexity index is 947. The second-order valence-electron chi connectivity index (χ2n) is 4.68. The molecule has 0 radical (unpaired) electrons. The van der Waals surface area contributed by atoms with Gasteiger partial charge in [0.1, 0.15) is 11.5 Å². The molecule has 0 aliphatic rings.